The molecular weight excluding hydrogens is 536 g/mol. The van der Waals surface area contributed by atoms with Crippen LogP contribution in [0.5, 0.6) is 0 Å². The molecule has 0 aliphatic carbocycles. The molecule has 0 radical (unpaired) electrons. The van der Waals surface area contributed by atoms with E-state index in [1.54, 1.807) is 85.8 Å². The highest BCUT2D eigenvalue weighted by atomic mass is 35.5. The SMILES string of the molecule is C/C(=N\NC(=O)c1ccc(N(C)S(=O)(=O)c2ccccc2)cc1)c1cccc(NC(=O)c2cccc(Cl)c2)c1. The quantitative estimate of drug-likeness (QED) is 0.217. The van der Waals surface area contributed by atoms with Crippen molar-refractivity contribution in [3.8, 4) is 0 Å². The summed E-state index contributed by atoms with van der Waals surface area (Å²) in [5, 5.41) is 7.46. The standard InChI is InChI=1S/C29H25ClN4O4S/c1-20(22-8-7-11-25(19-22)31-28(35)23-9-6-10-24(30)18-23)32-33-29(36)21-14-16-26(17-15-21)34(2)39(37,38)27-12-4-3-5-13-27/h3-19H,1-2H3,(H,31,35)(H,33,36)/b32-20+. The second-order valence-electron chi connectivity index (χ2n) is 8.52. The van der Waals surface area contributed by atoms with Crippen LogP contribution >= 0.6 is 11.6 Å². The molecule has 39 heavy (non-hydrogen) atoms. The Labute approximate surface area is 232 Å². The van der Waals surface area contributed by atoms with E-state index in [1.165, 1.54) is 31.3 Å². The fourth-order valence-electron chi connectivity index (χ4n) is 3.63. The van der Waals surface area contributed by atoms with Crippen LogP contribution in [-0.4, -0.2) is 33.0 Å². The van der Waals surface area contributed by atoms with Gasteiger partial charge in [-0.2, -0.15) is 5.10 Å². The van der Waals surface area contributed by atoms with Crippen LogP contribution in [0.3, 0.4) is 0 Å². The Morgan fingerprint density at radius 2 is 1.44 bits per heavy atom. The lowest BCUT2D eigenvalue weighted by Crippen LogP contribution is -2.26. The number of hydrazone groups is 1. The number of carbonyl (C=O) groups excluding carboxylic acids is 2. The summed E-state index contributed by atoms with van der Waals surface area (Å²) in [4.78, 5) is 25.4. The van der Waals surface area contributed by atoms with Crippen LogP contribution in [0.1, 0.15) is 33.2 Å². The third-order valence-electron chi connectivity index (χ3n) is 5.84. The zero-order valence-electron chi connectivity index (χ0n) is 21.1. The molecule has 0 aliphatic rings. The van der Waals surface area contributed by atoms with Crippen molar-refractivity contribution in [1.82, 2.24) is 5.43 Å². The molecule has 0 fully saturated rings. The van der Waals surface area contributed by atoms with Crippen LogP contribution in [0.2, 0.25) is 5.02 Å². The summed E-state index contributed by atoms with van der Waals surface area (Å²) in [6, 6.07) is 28.0. The zero-order valence-corrected chi connectivity index (χ0v) is 22.7. The molecule has 0 unspecified atom stereocenters. The lowest BCUT2D eigenvalue weighted by Gasteiger charge is -2.19. The smallest absolute Gasteiger partial charge is 0.271 e. The molecule has 0 aliphatic heterocycles. The number of benzene rings is 4. The fraction of sp³-hybridized carbons (Fsp3) is 0.0690. The van der Waals surface area contributed by atoms with Crippen LogP contribution in [-0.2, 0) is 10.0 Å². The Kier molecular flexibility index (Phi) is 8.43. The maximum atomic E-state index is 12.8. The molecule has 10 heteroatoms. The largest absolute Gasteiger partial charge is 0.322 e. The van der Waals surface area contributed by atoms with Gasteiger partial charge in [0.2, 0.25) is 0 Å². The molecule has 0 atom stereocenters. The molecule has 4 rings (SSSR count). The van der Waals surface area contributed by atoms with E-state index in [0.717, 1.165) is 4.31 Å². The second-order valence-corrected chi connectivity index (χ2v) is 10.9. The van der Waals surface area contributed by atoms with E-state index < -0.39 is 15.9 Å². The maximum absolute atomic E-state index is 12.8. The monoisotopic (exact) mass is 560 g/mol. The van der Waals surface area contributed by atoms with Crippen LogP contribution in [0, 0.1) is 0 Å². The van der Waals surface area contributed by atoms with Gasteiger partial charge in [0.05, 0.1) is 16.3 Å². The molecule has 0 heterocycles. The molecule has 2 N–H and O–H groups in total. The van der Waals surface area contributed by atoms with Crippen molar-refractivity contribution in [1.29, 1.82) is 0 Å². The van der Waals surface area contributed by atoms with Crippen LogP contribution < -0.4 is 15.0 Å². The van der Waals surface area contributed by atoms with Gasteiger partial charge < -0.3 is 5.32 Å². The molecule has 198 valence electrons. The first-order valence-corrected chi connectivity index (χ1v) is 13.6. The van der Waals surface area contributed by atoms with Crippen molar-refractivity contribution in [2.45, 2.75) is 11.8 Å². The van der Waals surface area contributed by atoms with E-state index in [1.807, 2.05) is 0 Å². The van der Waals surface area contributed by atoms with Crippen LogP contribution in [0.4, 0.5) is 11.4 Å². The molecule has 8 nitrogen and oxygen atoms in total. The van der Waals surface area contributed by atoms with E-state index in [0.29, 0.717) is 38.8 Å². The molecule has 4 aromatic rings. The molecule has 2 amide bonds. The van der Waals surface area contributed by atoms with Gasteiger partial charge in [-0.15, -0.1) is 0 Å². The van der Waals surface area contributed by atoms with E-state index >= 15 is 0 Å². The molecular formula is C29H25ClN4O4S. The van der Waals surface area contributed by atoms with Gasteiger partial charge in [-0.05, 0) is 79.2 Å². The Morgan fingerprint density at radius 3 is 2.13 bits per heavy atom. The van der Waals surface area contributed by atoms with Gasteiger partial charge in [0, 0.05) is 28.9 Å². The van der Waals surface area contributed by atoms with Crippen molar-refractivity contribution < 1.29 is 18.0 Å². The number of hydrogen-bond acceptors (Lipinski definition) is 5. The summed E-state index contributed by atoms with van der Waals surface area (Å²) in [5.74, 6) is -0.761. The number of sulfonamides is 1. The summed E-state index contributed by atoms with van der Waals surface area (Å²) < 4.78 is 26.8. The van der Waals surface area contributed by atoms with Crippen LogP contribution in [0.25, 0.3) is 0 Å². The predicted octanol–water partition coefficient (Wildman–Crippen LogP) is 5.57. The van der Waals surface area contributed by atoms with Crippen LogP contribution in [0.15, 0.2) is 113 Å². The van der Waals surface area contributed by atoms with Crippen molar-refractivity contribution in [3.05, 3.63) is 125 Å². The minimum atomic E-state index is -3.73. The normalized spacial score (nSPS) is 11.5. The summed E-state index contributed by atoms with van der Waals surface area (Å²) in [6.07, 6.45) is 0. The number of anilines is 2. The third-order valence-corrected chi connectivity index (χ3v) is 7.88. The van der Waals surface area contributed by atoms with Gasteiger partial charge in [0.25, 0.3) is 21.8 Å². The average Bonchev–Trinajstić information content (AvgIpc) is 2.96. The summed E-state index contributed by atoms with van der Waals surface area (Å²) in [5.41, 5.74) is 5.43. The first kappa shape index (κ1) is 27.6. The minimum Gasteiger partial charge on any atom is -0.322 e. The van der Waals surface area contributed by atoms with Crippen molar-refractivity contribution in [3.63, 3.8) is 0 Å². The van der Waals surface area contributed by atoms with Crippen molar-refractivity contribution in [2.24, 2.45) is 5.10 Å². The van der Waals surface area contributed by atoms with Crippen molar-refractivity contribution in [2.75, 3.05) is 16.7 Å². The summed E-state index contributed by atoms with van der Waals surface area (Å²) in [7, 11) is -2.27. The first-order chi connectivity index (χ1) is 18.6. The summed E-state index contributed by atoms with van der Waals surface area (Å²) in [6.45, 7) is 1.73. The Balaban J connectivity index is 1.41. The highest BCUT2D eigenvalue weighted by Gasteiger charge is 2.21. The zero-order chi connectivity index (χ0) is 28.0. The summed E-state index contributed by atoms with van der Waals surface area (Å²) >= 11 is 5.97. The van der Waals surface area contributed by atoms with Gasteiger partial charge >= 0.3 is 0 Å². The number of rotatable bonds is 8. The number of amides is 2. The number of carbonyl (C=O) groups is 2. The minimum absolute atomic E-state index is 0.173. The number of nitrogens with zero attached hydrogens (tertiary/aromatic N) is 2. The van der Waals surface area contributed by atoms with Gasteiger partial charge in [-0.3, -0.25) is 13.9 Å². The highest BCUT2D eigenvalue weighted by Crippen LogP contribution is 2.22. The van der Waals surface area contributed by atoms with E-state index in [4.69, 9.17) is 11.6 Å². The average molecular weight is 561 g/mol. The van der Waals surface area contributed by atoms with Gasteiger partial charge in [0.15, 0.2) is 0 Å². The predicted molar refractivity (Wildman–Crippen MR) is 154 cm³/mol. The second kappa shape index (κ2) is 11.9. The van der Waals surface area contributed by atoms with E-state index in [9.17, 15) is 18.0 Å². The van der Waals surface area contributed by atoms with Gasteiger partial charge in [0.1, 0.15) is 0 Å². The first-order valence-electron chi connectivity index (χ1n) is 11.8. The Hall–Kier alpha value is -4.47. The van der Waals surface area contributed by atoms with E-state index in [2.05, 4.69) is 15.8 Å². The van der Waals surface area contributed by atoms with Gasteiger partial charge in [-0.1, -0.05) is 48.0 Å². The van der Waals surface area contributed by atoms with Crippen molar-refractivity contribution >= 4 is 50.5 Å². The number of halogens is 1. The topological polar surface area (TPSA) is 108 Å². The Bertz CT molecular complexity index is 1640. The molecule has 0 saturated carbocycles. The molecule has 0 spiro atoms. The molecule has 0 bridgehead atoms. The lowest BCUT2D eigenvalue weighted by molar-refractivity contribution is 0.0954. The third kappa shape index (κ3) is 6.70. The van der Waals surface area contributed by atoms with Gasteiger partial charge in [-0.25, -0.2) is 13.8 Å². The molecule has 0 aromatic heterocycles. The number of hydrogen-bond donors (Lipinski definition) is 2. The fourth-order valence-corrected chi connectivity index (χ4v) is 5.04. The maximum Gasteiger partial charge on any atom is 0.271 e. The molecule has 4 aromatic carbocycles. The lowest BCUT2D eigenvalue weighted by atomic mass is 10.1. The van der Waals surface area contributed by atoms with E-state index in [-0.39, 0.29) is 10.8 Å². The number of nitrogens with one attached hydrogen (secondary N) is 2. The highest BCUT2D eigenvalue weighted by molar-refractivity contribution is 7.92. The Morgan fingerprint density at radius 1 is 0.769 bits per heavy atom. The molecule has 0 saturated heterocycles.